The molecule has 3 nitrogen and oxygen atoms in total. The van der Waals surface area contributed by atoms with E-state index in [-0.39, 0.29) is 18.5 Å². The Morgan fingerprint density at radius 3 is 2.46 bits per heavy atom. The summed E-state index contributed by atoms with van der Waals surface area (Å²) < 4.78 is 0. The van der Waals surface area contributed by atoms with Gasteiger partial charge >= 0.3 is 0 Å². The van der Waals surface area contributed by atoms with Gasteiger partial charge in [0.05, 0.1) is 12.1 Å². The zero-order chi connectivity index (χ0) is 10.5. The maximum atomic E-state index is 11.2. The number of carbonyl (C=O) groups excluding carboxylic acids is 1. The molecule has 13 heavy (non-hydrogen) atoms. The third kappa shape index (κ3) is 6.18. The highest BCUT2D eigenvalue weighted by Gasteiger charge is 2.14. The van der Waals surface area contributed by atoms with Crippen LogP contribution in [0.2, 0.25) is 0 Å². The number of hydrogen-bond acceptors (Lipinski definition) is 2. The SMILES string of the molecule is C#CC(C)(C)NCC(=O)NC(C)C. The Kier molecular flexibility index (Phi) is 4.50. The van der Waals surface area contributed by atoms with Crippen molar-refractivity contribution in [1.29, 1.82) is 0 Å². The fourth-order valence-electron chi connectivity index (χ4n) is 0.725. The smallest absolute Gasteiger partial charge is 0.234 e. The van der Waals surface area contributed by atoms with Crippen molar-refractivity contribution in [2.75, 3.05) is 6.54 Å². The van der Waals surface area contributed by atoms with E-state index in [1.165, 1.54) is 0 Å². The lowest BCUT2D eigenvalue weighted by molar-refractivity contribution is -0.120. The van der Waals surface area contributed by atoms with Crippen LogP contribution in [0, 0.1) is 12.3 Å². The van der Waals surface area contributed by atoms with E-state index in [4.69, 9.17) is 6.42 Å². The second kappa shape index (κ2) is 4.88. The minimum atomic E-state index is -0.422. The molecule has 0 saturated carbocycles. The van der Waals surface area contributed by atoms with Crippen LogP contribution in [-0.4, -0.2) is 24.0 Å². The van der Waals surface area contributed by atoms with Crippen molar-refractivity contribution in [2.45, 2.75) is 39.3 Å². The molecular formula is C10H18N2O. The zero-order valence-electron chi connectivity index (χ0n) is 8.77. The van der Waals surface area contributed by atoms with Gasteiger partial charge in [-0.05, 0) is 27.7 Å². The molecule has 0 atom stereocenters. The molecule has 0 aromatic carbocycles. The Morgan fingerprint density at radius 1 is 1.54 bits per heavy atom. The van der Waals surface area contributed by atoms with E-state index in [9.17, 15) is 4.79 Å². The topological polar surface area (TPSA) is 41.1 Å². The number of nitrogens with one attached hydrogen (secondary N) is 2. The number of rotatable bonds is 4. The zero-order valence-corrected chi connectivity index (χ0v) is 8.77. The Hall–Kier alpha value is -1.01. The van der Waals surface area contributed by atoms with Gasteiger partial charge in [0.1, 0.15) is 0 Å². The molecule has 0 unspecified atom stereocenters. The molecule has 1 amide bonds. The van der Waals surface area contributed by atoms with E-state index in [0.717, 1.165) is 0 Å². The predicted molar refractivity (Wildman–Crippen MR) is 54.2 cm³/mol. The number of hydrogen-bond donors (Lipinski definition) is 2. The van der Waals surface area contributed by atoms with Crippen LogP contribution in [0.15, 0.2) is 0 Å². The molecule has 0 aliphatic rings. The lowest BCUT2D eigenvalue weighted by atomic mass is 10.1. The number of amides is 1. The molecule has 0 radical (unpaired) electrons. The first-order chi connectivity index (χ1) is 5.87. The van der Waals surface area contributed by atoms with Gasteiger partial charge in [-0.3, -0.25) is 10.1 Å². The van der Waals surface area contributed by atoms with Gasteiger partial charge in [-0.1, -0.05) is 5.92 Å². The van der Waals surface area contributed by atoms with Gasteiger partial charge in [0.25, 0.3) is 0 Å². The minimum Gasteiger partial charge on any atom is -0.353 e. The van der Waals surface area contributed by atoms with Gasteiger partial charge in [-0.2, -0.15) is 0 Å². The Balaban J connectivity index is 3.78. The summed E-state index contributed by atoms with van der Waals surface area (Å²) in [5, 5.41) is 5.74. The van der Waals surface area contributed by atoms with Crippen molar-refractivity contribution < 1.29 is 4.79 Å². The van der Waals surface area contributed by atoms with Crippen LogP contribution in [-0.2, 0) is 4.79 Å². The fraction of sp³-hybridized carbons (Fsp3) is 0.700. The van der Waals surface area contributed by atoms with Gasteiger partial charge < -0.3 is 5.32 Å². The van der Waals surface area contributed by atoms with Gasteiger partial charge in [0.2, 0.25) is 5.91 Å². The standard InChI is InChI=1S/C10H18N2O/c1-6-10(4,5)11-7-9(13)12-8(2)3/h1,8,11H,7H2,2-5H3,(H,12,13). The second-order valence-electron chi connectivity index (χ2n) is 3.85. The Labute approximate surface area is 80.3 Å². The summed E-state index contributed by atoms with van der Waals surface area (Å²) in [6.45, 7) is 7.81. The highest BCUT2D eigenvalue weighted by atomic mass is 16.1. The summed E-state index contributed by atoms with van der Waals surface area (Å²) in [7, 11) is 0. The molecule has 74 valence electrons. The third-order valence-corrected chi connectivity index (χ3v) is 1.50. The molecule has 3 heteroatoms. The van der Waals surface area contributed by atoms with Crippen LogP contribution in [0.4, 0.5) is 0 Å². The Morgan fingerprint density at radius 2 is 2.08 bits per heavy atom. The van der Waals surface area contributed by atoms with Crippen molar-refractivity contribution in [3.8, 4) is 12.3 Å². The van der Waals surface area contributed by atoms with Crippen molar-refractivity contribution in [3.63, 3.8) is 0 Å². The summed E-state index contributed by atoms with van der Waals surface area (Å²) in [6.07, 6.45) is 5.25. The van der Waals surface area contributed by atoms with Gasteiger partial charge in [-0.15, -0.1) is 6.42 Å². The van der Waals surface area contributed by atoms with E-state index in [0.29, 0.717) is 0 Å². The first-order valence-corrected chi connectivity index (χ1v) is 4.39. The summed E-state index contributed by atoms with van der Waals surface area (Å²) >= 11 is 0. The molecule has 0 saturated heterocycles. The molecular weight excluding hydrogens is 164 g/mol. The molecule has 0 bridgehead atoms. The van der Waals surface area contributed by atoms with Crippen LogP contribution in [0.1, 0.15) is 27.7 Å². The second-order valence-corrected chi connectivity index (χ2v) is 3.85. The third-order valence-electron chi connectivity index (χ3n) is 1.50. The highest BCUT2D eigenvalue weighted by Crippen LogP contribution is 1.96. The first kappa shape index (κ1) is 12.0. The van der Waals surface area contributed by atoms with Crippen LogP contribution < -0.4 is 10.6 Å². The van der Waals surface area contributed by atoms with Crippen molar-refractivity contribution in [3.05, 3.63) is 0 Å². The van der Waals surface area contributed by atoms with Crippen molar-refractivity contribution >= 4 is 5.91 Å². The first-order valence-electron chi connectivity index (χ1n) is 4.39. The quantitative estimate of drug-likeness (QED) is 0.622. The summed E-state index contributed by atoms with van der Waals surface area (Å²) in [5.41, 5.74) is -0.422. The van der Waals surface area contributed by atoms with E-state index < -0.39 is 5.54 Å². The molecule has 0 aliphatic carbocycles. The molecule has 0 fully saturated rings. The summed E-state index contributed by atoms with van der Waals surface area (Å²) in [6, 6.07) is 0.170. The summed E-state index contributed by atoms with van der Waals surface area (Å²) in [5.74, 6) is 2.53. The maximum absolute atomic E-state index is 11.2. The normalized spacial score (nSPS) is 11.1. The van der Waals surface area contributed by atoms with Crippen molar-refractivity contribution in [2.24, 2.45) is 0 Å². The van der Waals surface area contributed by atoms with Gasteiger partial charge in [0.15, 0.2) is 0 Å². The molecule has 0 aromatic heterocycles. The van der Waals surface area contributed by atoms with E-state index in [1.807, 2.05) is 27.7 Å². The number of terminal acetylenes is 1. The van der Waals surface area contributed by atoms with Crippen LogP contribution in [0.3, 0.4) is 0 Å². The maximum Gasteiger partial charge on any atom is 0.234 e. The van der Waals surface area contributed by atoms with Crippen LogP contribution >= 0.6 is 0 Å². The Bertz CT molecular complexity index is 213. The average Bonchev–Trinajstić information content (AvgIpc) is 2.00. The number of carbonyl (C=O) groups is 1. The monoisotopic (exact) mass is 182 g/mol. The van der Waals surface area contributed by atoms with Gasteiger partial charge in [-0.25, -0.2) is 0 Å². The molecule has 0 aromatic rings. The van der Waals surface area contributed by atoms with E-state index >= 15 is 0 Å². The average molecular weight is 182 g/mol. The van der Waals surface area contributed by atoms with Crippen molar-refractivity contribution in [1.82, 2.24) is 10.6 Å². The molecule has 0 rings (SSSR count). The van der Waals surface area contributed by atoms with E-state index in [1.54, 1.807) is 0 Å². The molecule has 2 N–H and O–H groups in total. The molecule has 0 aliphatic heterocycles. The fourth-order valence-corrected chi connectivity index (χ4v) is 0.725. The largest absolute Gasteiger partial charge is 0.353 e. The lowest BCUT2D eigenvalue weighted by Gasteiger charge is -2.19. The predicted octanol–water partition coefficient (Wildman–Crippen LogP) is 0.512. The van der Waals surface area contributed by atoms with Crippen LogP contribution in [0.25, 0.3) is 0 Å². The van der Waals surface area contributed by atoms with Gasteiger partial charge in [0, 0.05) is 6.04 Å². The van der Waals surface area contributed by atoms with Crippen LogP contribution in [0.5, 0.6) is 0 Å². The summed E-state index contributed by atoms with van der Waals surface area (Å²) in [4.78, 5) is 11.2. The lowest BCUT2D eigenvalue weighted by Crippen LogP contribution is -2.45. The highest BCUT2D eigenvalue weighted by molar-refractivity contribution is 5.78. The van der Waals surface area contributed by atoms with E-state index in [2.05, 4.69) is 16.6 Å². The minimum absolute atomic E-state index is 0.0293. The molecule has 0 spiro atoms. The molecule has 0 heterocycles.